The SMILES string of the molecule is N#C/C(=C\c1cc(Br)c(OCc2ccc(Cl)cc2)c(Br)c1)C(=O)Nc1c(Cl)cccc1Cl. The lowest BCUT2D eigenvalue weighted by atomic mass is 10.1. The molecule has 0 fully saturated rings. The number of benzene rings is 3. The zero-order chi connectivity index (χ0) is 23.3. The zero-order valence-electron chi connectivity index (χ0n) is 16.1. The van der Waals surface area contributed by atoms with Crippen molar-refractivity contribution in [2.45, 2.75) is 6.61 Å². The number of para-hydroxylation sites is 1. The molecule has 32 heavy (non-hydrogen) atoms. The summed E-state index contributed by atoms with van der Waals surface area (Å²) in [6.07, 6.45) is 1.46. The number of carbonyl (C=O) groups excluding carboxylic acids is 1. The maximum Gasteiger partial charge on any atom is 0.266 e. The fourth-order valence-corrected chi connectivity index (χ4v) is 4.72. The van der Waals surface area contributed by atoms with Gasteiger partial charge in [0.15, 0.2) is 0 Å². The summed E-state index contributed by atoms with van der Waals surface area (Å²) in [6.45, 7) is 0.341. The zero-order valence-corrected chi connectivity index (χ0v) is 21.6. The maximum absolute atomic E-state index is 12.6. The Bertz CT molecular complexity index is 1200. The van der Waals surface area contributed by atoms with Gasteiger partial charge >= 0.3 is 0 Å². The average molecular weight is 616 g/mol. The summed E-state index contributed by atoms with van der Waals surface area (Å²) in [5, 5.41) is 13.3. The highest BCUT2D eigenvalue weighted by molar-refractivity contribution is 9.11. The molecule has 3 rings (SSSR count). The summed E-state index contributed by atoms with van der Waals surface area (Å²) < 4.78 is 7.21. The van der Waals surface area contributed by atoms with E-state index in [0.717, 1.165) is 5.56 Å². The molecule has 162 valence electrons. The van der Waals surface area contributed by atoms with Gasteiger partial charge in [0.05, 0.1) is 24.7 Å². The Hall–Kier alpha value is -2.01. The van der Waals surface area contributed by atoms with Gasteiger partial charge in [0.1, 0.15) is 24.0 Å². The lowest BCUT2D eigenvalue weighted by molar-refractivity contribution is -0.112. The molecule has 3 aromatic rings. The normalized spacial score (nSPS) is 11.1. The van der Waals surface area contributed by atoms with E-state index in [4.69, 9.17) is 39.5 Å². The Morgan fingerprint density at radius 1 is 1.03 bits per heavy atom. The van der Waals surface area contributed by atoms with Crippen LogP contribution in [0.2, 0.25) is 15.1 Å². The number of amides is 1. The van der Waals surface area contributed by atoms with Gasteiger partial charge in [0.25, 0.3) is 5.91 Å². The molecule has 0 aromatic heterocycles. The van der Waals surface area contributed by atoms with Gasteiger partial charge in [-0.15, -0.1) is 0 Å². The second-order valence-corrected chi connectivity index (χ2v) is 9.41. The van der Waals surface area contributed by atoms with Crippen LogP contribution in [0.3, 0.4) is 0 Å². The van der Waals surface area contributed by atoms with Gasteiger partial charge in [-0.2, -0.15) is 5.26 Å². The smallest absolute Gasteiger partial charge is 0.266 e. The number of anilines is 1. The standard InChI is InChI=1S/C23H13Br2Cl3N2O2/c24-17-9-14(10-18(25)22(17)32-12-13-4-6-16(26)7-5-13)8-15(11-29)23(31)30-21-19(27)2-1-3-20(21)28/h1-10H,12H2,(H,30,31)/b15-8+. The van der Waals surface area contributed by atoms with Crippen molar-refractivity contribution in [3.8, 4) is 11.8 Å². The number of ether oxygens (including phenoxy) is 1. The van der Waals surface area contributed by atoms with Gasteiger partial charge in [0.2, 0.25) is 0 Å². The number of carbonyl (C=O) groups is 1. The van der Waals surface area contributed by atoms with Crippen molar-refractivity contribution in [3.05, 3.63) is 95.3 Å². The molecular weight excluding hydrogens is 602 g/mol. The van der Waals surface area contributed by atoms with E-state index in [2.05, 4.69) is 37.2 Å². The van der Waals surface area contributed by atoms with Gasteiger partial charge in [0, 0.05) is 5.02 Å². The van der Waals surface area contributed by atoms with Crippen molar-refractivity contribution >= 4 is 84.3 Å². The molecule has 1 amide bonds. The Labute approximate surface area is 217 Å². The van der Waals surface area contributed by atoms with Crippen LogP contribution in [-0.4, -0.2) is 5.91 Å². The van der Waals surface area contributed by atoms with Crippen molar-refractivity contribution in [1.29, 1.82) is 5.26 Å². The predicted molar refractivity (Wildman–Crippen MR) is 136 cm³/mol. The molecule has 0 bridgehead atoms. The summed E-state index contributed by atoms with van der Waals surface area (Å²) in [5.74, 6) is -0.0410. The summed E-state index contributed by atoms with van der Waals surface area (Å²) in [5.41, 5.74) is 1.70. The second-order valence-electron chi connectivity index (χ2n) is 6.45. The van der Waals surface area contributed by atoms with Crippen molar-refractivity contribution < 1.29 is 9.53 Å². The van der Waals surface area contributed by atoms with E-state index in [0.29, 0.717) is 31.9 Å². The van der Waals surface area contributed by atoms with Crippen LogP contribution in [0.5, 0.6) is 5.75 Å². The highest BCUT2D eigenvalue weighted by atomic mass is 79.9. The maximum atomic E-state index is 12.6. The molecule has 0 aliphatic carbocycles. The van der Waals surface area contributed by atoms with E-state index >= 15 is 0 Å². The largest absolute Gasteiger partial charge is 0.487 e. The van der Waals surface area contributed by atoms with Crippen molar-refractivity contribution in [2.24, 2.45) is 0 Å². The molecule has 0 aliphatic rings. The number of hydrogen-bond acceptors (Lipinski definition) is 3. The molecule has 0 aliphatic heterocycles. The number of nitrogens with one attached hydrogen (secondary N) is 1. The molecule has 3 aromatic carbocycles. The quantitative estimate of drug-likeness (QED) is 0.224. The number of nitriles is 1. The summed E-state index contributed by atoms with van der Waals surface area (Å²) in [7, 11) is 0. The topological polar surface area (TPSA) is 62.1 Å². The van der Waals surface area contributed by atoms with E-state index in [-0.39, 0.29) is 21.3 Å². The van der Waals surface area contributed by atoms with Crippen molar-refractivity contribution in [3.63, 3.8) is 0 Å². The molecular formula is C23H13Br2Cl3N2O2. The fraction of sp³-hybridized carbons (Fsp3) is 0.0435. The molecule has 4 nitrogen and oxygen atoms in total. The van der Waals surface area contributed by atoms with E-state index in [9.17, 15) is 10.1 Å². The van der Waals surface area contributed by atoms with Crippen LogP contribution >= 0.6 is 66.7 Å². The van der Waals surface area contributed by atoms with E-state index in [1.807, 2.05) is 18.2 Å². The molecule has 0 atom stereocenters. The lowest BCUT2D eigenvalue weighted by Crippen LogP contribution is -2.14. The van der Waals surface area contributed by atoms with Gasteiger partial charge in [-0.05, 0) is 85.5 Å². The van der Waals surface area contributed by atoms with Crippen LogP contribution in [0.4, 0.5) is 5.69 Å². The first-order valence-corrected chi connectivity index (χ1v) is 11.7. The molecule has 0 spiro atoms. The molecule has 0 heterocycles. The van der Waals surface area contributed by atoms with Crippen LogP contribution in [0.1, 0.15) is 11.1 Å². The first-order chi connectivity index (χ1) is 15.3. The van der Waals surface area contributed by atoms with Crippen LogP contribution in [0.25, 0.3) is 6.08 Å². The summed E-state index contributed by atoms with van der Waals surface area (Å²) in [4.78, 5) is 12.6. The van der Waals surface area contributed by atoms with Gasteiger partial charge in [-0.3, -0.25) is 4.79 Å². The average Bonchev–Trinajstić information content (AvgIpc) is 2.75. The molecule has 0 radical (unpaired) electrons. The Kier molecular flexibility index (Phi) is 8.64. The minimum Gasteiger partial charge on any atom is -0.487 e. The second kappa shape index (κ2) is 11.2. The van der Waals surface area contributed by atoms with Gasteiger partial charge < -0.3 is 10.1 Å². The van der Waals surface area contributed by atoms with Crippen molar-refractivity contribution in [2.75, 3.05) is 5.32 Å². The minimum atomic E-state index is -0.627. The number of rotatable bonds is 6. The molecule has 0 saturated heterocycles. The van der Waals surface area contributed by atoms with E-state index in [1.165, 1.54) is 6.08 Å². The van der Waals surface area contributed by atoms with Crippen LogP contribution in [-0.2, 0) is 11.4 Å². The van der Waals surface area contributed by atoms with Gasteiger partial charge in [-0.1, -0.05) is 53.0 Å². The predicted octanol–water partition coefficient (Wildman–Crippen LogP) is 8.30. The van der Waals surface area contributed by atoms with Crippen LogP contribution < -0.4 is 10.1 Å². The first-order valence-electron chi connectivity index (χ1n) is 9.02. The Morgan fingerprint density at radius 2 is 1.62 bits per heavy atom. The van der Waals surface area contributed by atoms with Crippen LogP contribution in [0, 0.1) is 11.3 Å². The van der Waals surface area contributed by atoms with E-state index < -0.39 is 5.91 Å². The fourth-order valence-electron chi connectivity index (χ4n) is 2.65. The minimum absolute atomic E-state index is 0.116. The Morgan fingerprint density at radius 3 is 2.19 bits per heavy atom. The third-order valence-electron chi connectivity index (χ3n) is 4.19. The highest BCUT2D eigenvalue weighted by Crippen LogP contribution is 2.36. The van der Waals surface area contributed by atoms with Gasteiger partial charge in [-0.25, -0.2) is 0 Å². The molecule has 0 unspecified atom stereocenters. The molecule has 1 N–H and O–H groups in total. The number of halogens is 5. The van der Waals surface area contributed by atoms with E-state index in [1.54, 1.807) is 42.5 Å². The highest BCUT2D eigenvalue weighted by Gasteiger charge is 2.15. The molecule has 9 heteroatoms. The van der Waals surface area contributed by atoms with Crippen molar-refractivity contribution in [1.82, 2.24) is 0 Å². The summed E-state index contributed by atoms with van der Waals surface area (Å²) >= 11 is 25.0. The first kappa shape index (κ1) is 24.6. The Balaban J connectivity index is 1.79. The lowest BCUT2D eigenvalue weighted by Gasteiger charge is -2.12. The summed E-state index contributed by atoms with van der Waals surface area (Å²) in [6, 6.07) is 17.6. The monoisotopic (exact) mass is 612 g/mol. The molecule has 0 saturated carbocycles. The number of nitrogens with zero attached hydrogens (tertiary/aromatic N) is 1. The third kappa shape index (κ3) is 6.28. The third-order valence-corrected chi connectivity index (χ3v) is 6.25. The van der Waals surface area contributed by atoms with Crippen LogP contribution in [0.15, 0.2) is 69.1 Å². The number of hydrogen-bond donors (Lipinski definition) is 1.